The quantitative estimate of drug-likeness (QED) is 0.773. The summed E-state index contributed by atoms with van der Waals surface area (Å²) in [5.74, 6) is -0.412. The smallest absolute Gasteiger partial charge is 0.347 e. The number of carboxylic acid groups (broad SMARTS) is 1. The maximum Gasteiger partial charge on any atom is 0.347 e. The van der Waals surface area contributed by atoms with E-state index in [1.165, 1.54) is 11.1 Å². The Hall–Kier alpha value is -1.81. The van der Waals surface area contributed by atoms with E-state index in [9.17, 15) is 4.79 Å². The Morgan fingerprint density at radius 3 is 2.32 bits per heavy atom. The average Bonchev–Trinajstić information content (AvgIpc) is 2.48. The highest BCUT2D eigenvalue weighted by Gasteiger charge is 2.29. The number of halogens is 1. The number of carbonyl (C=O) groups is 1. The number of rotatable bonds is 6. The average molecular weight is 363 g/mol. The van der Waals surface area contributed by atoms with Crippen molar-refractivity contribution < 1.29 is 14.6 Å². The fourth-order valence-electron chi connectivity index (χ4n) is 2.04. The van der Waals surface area contributed by atoms with Crippen molar-refractivity contribution in [1.29, 1.82) is 0 Å². The minimum absolute atomic E-state index is 0.571. The van der Waals surface area contributed by atoms with Crippen molar-refractivity contribution in [3.05, 3.63) is 65.2 Å². The van der Waals surface area contributed by atoms with Gasteiger partial charge in [0.05, 0.1) is 0 Å². The molecule has 0 heterocycles. The third kappa shape index (κ3) is 4.34. The van der Waals surface area contributed by atoms with Gasteiger partial charge in [0.25, 0.3) is 0 Å². The van der Waals surface area contributed by atoms with Crippen LogP contribution in [0.4, 0.5) is 0 Å². The molecule has 0 atom stereocenters. The Morgan fingerprint density at radius 1 is 1.09 bits per heavy atom. The molecule has 4 heteroatoms. The van der Waals surface area contributed by atoms with Gasteiger partial charge in [-0.15, -0.1) is 0 Å². The molecule has 0 aliphatic carbocycles. The summed E-state index contributed by atoms with van der Waals surface area (Å²) >= 11 is 3.43. The van der Waals surface area contributed by atoms with E-state index in [1.807, 2.05) is 18.2 Å². The summed E-state index contributed by atoms with van der Waals surface area (Å²) in [4.78, 5) is 11.1. The first kappa shape index (κ1) is 16.6. The van der Waals surface area contributed by atoms with Crippen LogP contribution in [0.3, 0.4) is 0 Å². The van der Waals surface area contributed by atoms with Crippen LogP contribution in [0.1, 0.15) is 30.5 Å². The summed E-state index contributed by atoms with van der Waals surface area (Å²) in [6.45, 7) is 3.09. The summed E-state index contributed by atoms with van der Waals surface area (Å²) in [6, 6.07) is 16.0. The molecule has 0 spiro atoms. The van der Waals surface area contributed by atoms with Gasteiger partial charge in [0, 0.05) is 5.33 Å². The molecular weight excluding hydrogens is 344 g/mol. The van der Waals surface area contributed by atoms with E-state index in [-0.39, 0.29) is 0 Å². The molecule has 0 radical (unpaired) electrons. The van der Waals surface area contributed by atoms with Gasteiger partial charge >= 0.3 is 5.97 Å². The summed E-state index contributed by atoms with van der Waals surface area (Å²) < 4.78 is 5.57. The van der Waals surface area contributed by atoms with Gasteiger partial charge < -0.3 is 9.84 Å². The van der Waals surface area contributed by atoms with Crippen LogP contribution in [0.15, 0.2) is 48.5 Å². The Kier molecular flexibility index (Phi) is 5.24. The minimum atomic E-state index is -1.24. The highest BCUT2D eigenvalue weighted by Crippen LogP contribution is 2.22. The van der Waals surface area contributed by atoms with E-state index < -0.39 is 11.6 Å². The van der Waals surface area contributed by atoms with Gasteiger partial charge in [-0.25, -0.2) is 4.79 Å². The molecule has 3 nitrogen and oxygen atoms in total. The summed E-state index contributed by atoms with van der Waals surface area (Å²) in [5.41, 5.74) is 2.30. The predicted octanol–water partition coefficient (Wildman–Crippen LogP) is 4.41. The normalized spacial score (nSPS) is 11.2. The van der Waals surface area contributed by atoms with Crippen molar-refractivity contribution in [3.8, 4) is 5.75 Å². The lowest BCUT2D eigenvalue weighted by Gasteiger charge is -2.21. The molecule has 2 aromatic carbocycles. The molecule has 116 valence electrons. The van der Waals surface area contributed by atoms with Crippen molar-refractivity contribution in [3.63, 3.8) is 0 Å². The monoisotopic (exact) mass is 362 g/mol. The molecule has 0 aromatic heterocycles. The first-order valence-electron chi connectivity index (χ1n) is 7.06. The molecule has 0 bridgehead atoms. The van der Waals surface area contributed by atoms with Crippen LogP contribution in [0.2, 0.25) is 0 Å². The molecule has 2 rings (SSSR count). The van der Waals surface area contributed by atoms with Gasteiger partial charge in [-0.05, 0) is 49.1 Å². The zero-order chi connectivity index (χ0) is 16.2. The molecule has 0 fully saturated rings. The van der Waals surface area contributed by atoms with E-state index in [4.69, 9.17) is 9.84 Å². The Balaban J connectivity index is 2.12. The SMILES string of the molecule is CC(C)(Oc1cccc(Cc2ccc(CBr)cc2)c1)C(=O)O. The molecule has 1 N–H and O–H groups in total. The van der Waals surface area contributed by atoms with Crippen LogP contribution in [-0.2, 0) is 16.5 Å². The first-order valence-corrected chi connectivity index (χ1v) is 8.18. The second kappa shape index (κ2) is 6.97. The molecule has 0 unspecified atom stereocenters. The fraction of sp³-hybridized carbons (Fsp3) is 0.278. The second-order valence-electron chi connectivity index (χ2n) is 5.69. The third-order valence-corrected chi connectivity index (χ3v) is 4.02. The number of alkyl halides is 1. The van der Waals surface area contributed by atoms with Crippen LogP contribution < -0.4 is 4.74 Å². The van der Waals surface area contributed by atoms with Crippen LogP contribution in [0, 0.1) is 0 Å². The highest BCUT2D eigenvalue weighted by atomic mass is 79.9. The van der Waals surface area contributed by atoms with Crippen molar-refractivity contribution in [2.75, 3.05) is 0 Å². The van der Waals surface area contributed by atoms with Crippen molar-refractivity contribution in [2.45, 2.75) is 31.2 Å². The number of ether oxygens (including phenoxy) is 1. The second-order valence-corrected chi connectivity index (χ2v) is 6.25. The number of benzene rings is 2. The maximum atomic E-state index is 11.1. The topological polar surface area (TPSA) is 46.5 Å². The van der Waals surface area contributed by atoms with Gasteiger partial charge in [-0.3, -0.25) is 0 Å². The van der Waals surface area contributed by atoms with Gasteiger partial charge in [0.15, 0.2) is 5.60 Å². The fourth-order valence-corrected chi connectivity index (χ4v) is 2.41. The Morgan fingerprint density at radius 2 is 1.73 bits per heavy atom. The van der Waals surface area contributed by atoms with Crippen molar-refractivity contribution in [2.24, 2.45) is 0 Å². The molecule has 0 saturated heterocycles. The first-order chi connectivity index (χ1) is 10.4. The van der Waals surface area contributed by atoms with E-state index in [1.54, 1.807) is 19.9 Å². The van der Waals surface area contributed by atoms with Crippen LogP contribution in [0.25, 0.3) is 0 Å². The lowest BCUT2D eigenvalue weighted by atomic mass is 10.0. The highest BCUT2D eigenvalue weighted by molar-refractivity contribution is 9.08. The molecule has 0 saturated carbocycles. The lowest BCUT2D eigenvalue weighted by Crippen LogP contribution is -2.37. The molecule has 0 aliphatic heterocycles. The van der Waals surface area contributed by atoms with Gasteiger partial charge in [-0.1, -0.05) is 52.3 Å². The van der Waals surface area contributed by atoms with Crippen molar-refractivity contribution in [1.82, 2.24) is 0 Å². The molecular formula is C18H19BrO3. The van der Waals surface area contributed by atoms with Crippen molar-refractivity contribution >= 4 is 21.9 Å². The van der Waals surface area contributed by atoms with Crippen LogP contribution >= 0.6 is 15.9 Å². The molecule has 2 aromatic rings. The predicted molar refractivity (Wildman–Crippen MR) is 90.7 cm³/mol. The number of hydrogen-bond acceptors (Lipinski definition) is 2. The van der Waals surface area contributed by atoms with E-state index in [2.05, 4.69) is 40.2 Å². The molecule has 22 heavy (non-hydrogen) atoms. The summed E-state index contributed by atoms with van der Waals surface area (Å²) in [6.07, 6.45) is 0.785. The van der Waals surface area contributed by atoms with Gasteiger partial charge in [-0.2, -0.15) is 0 Å². The van der Waals surface area contributed by atoms with Gasteiger partial charge in [0.1, 0.15) is 5.75 Å². The van der Waals surface area contributed by atoms with Crippen LogP contribution in [0.5, 0.6) is 5.75 Å². The summed E-state index contributed by atoms with van der Waals surface area (Å²) in [7, 11) is 0. The van der Waals surface area contributed by atoms with E-state index >= 15 is 0 Å². The number of aliphatic carboxylic acids is 1. The zero-order valence-corrected chi connectivity index (χ0v) is 14.3. The Bertz CT molecular complexity index is 648. The van der Waals surface area contributed by atoms with E-state index in [0.717, 1.165) is 17.3 Å². The number of hydrogen-bond donors (Lipinski definition) is 1. The lowest BCUT2D eigenvalue weighted by molar-refractivity contribution is -0.152. The zero-order valence-electron chi connectivity index (χ0n) is 12.7. The molecule has 0 aliphatic rings. The largest absolute Gasteiger partial charge is 0.478 e. The minimum Gasteiger partial charge on any atom is -0.478 e. The van der Waals surface area contributed by atoms with E-state index in [0.29, 0.717) is 5.75 Å². The molecule has 0 amide bonds. The standard InChI is InChI=1S/C18H19BrO3/c1-18(2,17(20)21)22-16-5-3-4-15(11-16)10-13-6-8-14(12-19)9-7-13/h3-9,11H,10,12H2,1-2H3,(H,20,21). The maximum absolute atomic E-state index is 11.1. The van der Waals surface area contributed by atoms with Gasteiger partial charge in [0.2, 0.25) is 0 Å². The third-order valence-electron chi connectivity index (χ3n) is 3.37. The summed E-state index contributed by atoms with van der Waals surface area (Å²) in [5, 5.41) is 9.98. The Labute approximate surface area is 139 Å². The number of carboxylic acids is 1. The van der Waals surface area contributed by atoms with Crippen LogP contribution in [-0.4, -0.2) is 16.7 Å².